The average Bonchev–Trinajstić information content (AvgIpc) is 2.92. The molecule has 0 radical (unpaired) electrons. The summed E-state index contributed by atoms with van der Waals surface area (Å²) in [6, 6.07) is 16.5. The third kappa shape index (κ3) is 7.50. The largest absolute Gasteiger partial charge is 0.352 e. The number of anilines is 1. The smallest absolute Gasteiger partial charge is 0.264 e. The first kappa shape index (κ1) is 30.4. The van der Waals surface area contributed by atoms with Crippen LogP contribution in [0.15, 0.2) is 77.7 Å². The summed E-state index contributed by atoms with van der Waals surface area (Å²) >= 11 is 12.6. The van der Waals surface area contributed by atoms with Crippen molar-refractivity contribution in [2.45, 2.75) is 50.7 Å². The highest BCUT2D eigenvalue weighted by Crippen LogP contribution is 2.35. The molecule has 0 bridgehead atoms. The molecular formula is C28H30Cl2FN3O4S. The fraction of sp³-hybridized carbons (Fsp3) is 0.286. The molecule has 208 valence electrons. The van der Waals surface area contributed by atoms with Gasteiger partial charge in [0.2, 0.25) is 11.8 Å². The number of nitrogens with zero attached hydrogens (tertiary/aromatic N) is 2. The van der Waals surface area contributed by atoms with E-state index in [1.807, 2.05) is 13.8 Å². The zero-order chi connectivity index (χ0) is 28.7. The lowest BCUT2D eigenvalue weighted by Crippen LogP contribution is -2.52. The van der Waals surface area contributed by atoms with Gasteiger partial charge in [-0.1, -0.05) is 66.5 Å². The van der Waals surface area contributed by atoms with E-state index in [9.17, 15) is 22.4 Å². The van der Waals surface area contributed by atoms with E-state index in [1.165, 1.54) is 59.5 Å². The van der Waals surface area contributed by atoms with E-state index in [4.69, 9.17) is 23.2 Å². The Morgan fingerprint density at radius 2 is 1.59 bits per heavy atom. The number of nitrogens with one attached hydrogen (secondary N) is 1. The molecule has 3 aromatic carbocycles. The number of carbonyl (C=O) groups excluding carboxylic acids is 2. The molecule has 7 nitrogen and oxygen atoms in total. The third-order valence-electron chi connectivity index (χ3n) is 6.24. The Morgan fingerprint density at radius 1 is 0.949 bits per heavy atom. The summed E-state index contributed by atoms with van der Waals surface area (Å²) < 4.78 is 42.0. The maximum Gasteiger partial charge on any atom is 0.264 e. The summed E-state index contributed by atoms with van der Waals surface area (Å²) in [7, 11) is -4.28. The molecule has 11 heteroatoms. The van der Waals surface area contributed by atoms with Crippen molar-refractivity contribution < 1.29 is 22.4 Å². The van der Waals surface area contributed by atoms with Gasteiger partial charge in [-0.25, -0.2) is 12.8 Å². The Hall–Kier alpha value is -3.14. The fourth-order valence-electron chi connectivity index (χ4n) is 3.75. The van der Waals surface area contributed by atoms with E-state index in [0.717, 1.165) is 4.31 Å². The fourth-order valence-corrected chi connectivity index (χ4v) is 5.65. The van der Waals surface area contributed by atoms with Crippen LogP contribution in [0, 0.1) is 5.82 Å². The van der Waals surface area contributed by atoms with Crippen LogP contribution in [0.4, 0.5) is 10.1 Å². The number of rotatable bonds is 11. The van der Waals surface area contributed by atoms with Gasteiger partial charge >= 0.3 is 0 Å². The predicted octanol–water partition coefficient (Wildman–Crippen LogP) is 5.66. The number of benzene rings is 3. The second kappa shape index (κ2) is 13.3. The summed E-state index contributed by atoms with van der Waals surface area (Å²) in [6.45, 7) is 4.59. The lowest BCUT2D eigenvalue weighted by molar-refractivity contribution is -0.139. The van der Waals surface area contributed by atoms with Gasteiger partial charge in [0.25, 0.3) is 10.0 Å². The summed E-state index contributed by atoms with van der Waals surface area (Å²) in [5, 5.41) is 2.92. The van der Waals surface area contributed by atoms with E-state index in [2.05, 4.69) is 5.32 Å². The van der Waals surface area contributed by atoms with E-state index in [0.29, 0.717) is 12.0 Å². The van der Waals surface area contributed by atoms with Crippen LogP contribution in [0.5, 0.6) is 0 Å². The van der Waals surface area contributed by atoms with Gasteiger partial charge in [0, 0.05) is 12.6 Å². The predicted molar refractivity (Wildman–Crippen MR) is 152 cm³/mol. The maximum atomic E-state index is 13.9. The molecule has 0 aliphatic carbocycles. The molecular weight excluding hydrogens is 564 g/mol. The van der Waals surface area contributed by atoms with Crippen LogP contribution in [-0.2, 0) is 26.2 Å². The quantitative estimate of drug-likeness (QED) is 0.311. The van der Waals surface area contributed by atoms with E-state index >= 15 is 0 Å². The molecule has 0 spiro atoms. The van der Waals surface area contributed by atoms with Crippen molar-refractivity contribution in [3.8, 4) is 0 Å². The molecule has 0 saturated carbocycles. The standard InChI is InChI=1S/C28H30Cl2FN3O4S/c1-4-19(2)32-28(36)20(3)33(17-21-13-15-22(31)16-14-21)26(35)18-34(25-12-8-11-24(29)27(25)30)39(37,38)23-9-6-5-7-10-23/h5-16,19-20H,4,17-18H2,1-3H3,(H,32,36)/t19-,20+/m0/s1. The van der Waals surface area contributed by atoms with Crippen molar-refractivity contribution in [1.29, 1.82) is 0 Å². The van der Waals surface area contributed by atoms with Crippen molar-refractivity contribution in [3.63, 3.8) is 0 Å². The highest BCUT2D eigenvalue weighted by molar-refractivity contribution is 7.92. The van der Waals surface area contributed by atoms with Gasteiger partial charge in [0.1, 0.15) is 18.4 Å². The normalized spacial score (nSPS) is 12.9. The number of halogens is 3. The van der Waals surface area contributed by atoms with Crippen LogP contribution in [0.1, 0.15) is 32.8 Å². The Morgan fingerprint density at radius 3 is 2.21 bits per heavy atom. The zero-order valence-corrected chi connectivity index (χ0v) is 24.1. The average molecular weight is 595 g/mol. The molecule has 0 saturated heterocycles. The van der Waals surface area contributed by atoms with Gasteiger partial charge < -0.3 is 10.2 Å². The monoisotopic (exact) mass is 593 g/mol. The lowest BCUT2D eigenvalue weighted by Gasteiger charge is -2.32. The van der Waals surface area contributed by atoms with Crippen molar-refractivity contribution in [2.75, 3.05) is 10.8 Å². The SMILES string of the molecule is CC[C@H](C)NC(=O)[C@@H](C)N(Cc1ccc(F)cc1)C(=O)CN(c1cccc(Cl)c1Cl)S(=O)(=O)c1ccccc1. The number of carbonyl (C=O) groups is 2. The molecule has 3 aromatic rings. The molecule has 0 fully saturated rings. The highest BCUT2D eigenvalue weighted by atomic mass is 35.5. The number of hydrogen-bond acceptors (Lipinski definition) is 4. The summed E-state index contributed by atoms with van der Waals surface area (Å²) in [5.41, 5.74) is 0.575. The first-order valence-electron chi connectivity index (χ1n) is 12.3. The minimum atomic E-state index is -4.28. The van der Waals surface area contributed by atoms with Gasteiger partial charge in [-0.05, 0) is 62.2 Å². The van der Waals surface area contributed by atoms with Crippen molar-refractivity contribution in [1.82, 2.24) is 10.2 Å². The topological polar surface area (TPSA) is 86.8 Å². The summed E-state index contributed by atoms with van der Waals surface area (Å²) in [6.07, 6.45) is 0.681. The molecule has 39 heavy (non-hydrogen) atoms. The molecule has 2 amide bonds. The van der Waals surface area contributed by atoms with Crippen LogP contribution in [0.3, 0.4) is 0 Å². The molecule has 0 aliphatic heterocycles. The van der Waals surface area contributed by atoms with Crippen LogP contribution >= 0.6 is 23.2 Å². The summed E-state index contributed by atoms with van der Waals surface area (Å²) in [4.78, 5) is 28.1. The van der Waals surface area contributed by atoms with E-state index in [-0.39, 0.29) is 33.2 Å². The van der Waals surface area contributed by atoms with Crippen molar-refractivity contribution in [2.24, 2.45) is 0 Å². The minimum absolute atomic E-state index is 0.0137. The molecule has 2 atom stereocenters. The zero-order valence-electron chi connectivity index (χ0n) is 21.8. The van der Waals surface area contributed by atoms with E-state index in [1.54, 1.807) is 25.1 Å². The Labute approximate surface area is 238 Å². The maximum absolute atomic E-state index is 13.9. The Kier molecular flexibility index (Phi) is 10.4. The van der Waals surface area contributed by atoms with Gasteiger partial charge in [-0.15, -0.1) is 0 Å². The van der Waals surface area contributed by atoms with Gasteiger partial charge in [0.05, 0.1) is 20.6 Å². The third-order valence-corrected chi connectivity index (χ3v) is 8.83. The second-order valence-corrected chi connectivity index (χ2v) is 11.7. The molecule has 1 N–H and O–H groups in total. The van der Waals surface area contributed by atoms with Gasteiger partial charge in [0.15, 0.2) is 0 Å². The molecule has 0 aliphatic rings. The first-order valence-corrected chi connectivity index (χ1v) is 14.5. The first-order chi connectivity index (χ1) is 18.4. The highest BCUT2D eigenvalue weighted by Gasteiger charge is 2.33. The van der Waals surface area contributed by atoms with Crippen LogP contribution in [-0.4, -0.2) is 43.8 Å². The van der Waals surface area contributed by atoms with Crippen molar-refractivity contribution >= 4 is 50.7 Å². The van der Waals surface area contributed by atoms with Crippen LogP contribution in [0.2, 0.25) is 10.0 Å². The van der Waals surface area contributed by atoms with Crippen LogP contribution in [0.25, 0.3) is 0 Å². The number of sulfonamides is 1. The molecule has 0 unspecified atom stereocenters. The second-order valence-electron chi connectivity index (χ2n) is 9.04. The summed E-state index contributed by atoms with van der Waals surface area (Å²) in [5.74, 6) is -1.52. The van der Waals surface area contributed by atoms with E-state index < -0.39 is 40.2 Å². The minimum Gasteiger partial charge on any atom is -0.352 e. The van der Waals surface area contributed by atoms with Gasteiger partial charge in [-0.3, -0.25) is 13.9 Å². The Balaban J connectivity index is 2.05. The van der Waals surface area contributed by atoms with Crippen molar-refractivity contribution in [3.05, 3.63) is 94.2 Å². The number of hydrogen-bond donors (Lipinski definition) is 1. The molecule has 0 heterocycles. The molecule has 3 rings (SSSR count). The van der Waals surface area contributed by atoms with Crippen LogP contribution < -0.4 is 9.62 Å². The lowest BCUT2D eigenvalue weighted by atomic mass is 10.1. The van der Waals surface area contributed by atoms with Gasteiger partial charge in [-0.2, -0.15) is 0 Å². The Bertz CT molecular complexity index is 1410. The number of amides is 2. The molecule has 0 aromatic heterocycles.